The molecule has 49 heavy (non-hydrogen) atoms. The Hall–Kier alpha value is -3.69. The predicted molar refractivity (Wildman–Crippen MR) is 207 cm³/mol. The Balaban J connectivity index is 2.02. The van der Waals surface area contributed by atoms with Crippen LogP contribution in [0.3, 0.4) is 0 Å². The van der Waals surface area contributed by atoms with E-state index in [0.717, 1.165) is 39.1 Å². The van der Waals surface area contributed by atoms with Crippen LogP contribution < -0.4 is 28.6 Å². The van der Waals surface area contributed by atoms with Gasteiger partial charge in [0.25, 0.3) is 0 Å². The molecule has 0 spiro atoms. The molecule has 4 rings (SSSR count). The number of benzene rings is 4. The van der Waals surface area contributed by atoms with E-state index in [1.165, 1.54) is 11.1 Å². The first-order chi connectivity index (χ1) is 22.7. The van der Waals surface area contributed by atoms with E-state index in [1.54, 1.807) is 21.3 Å². The van der Waals surface area contributed by atoms with E-state index in [-0.39, 0.29) is 21.7 Å². The molecule has 0 aliphatic heterocycles. The molecular formula is C43H57O5P. The van der Waals surface area contributed by atoms with E-state index in [1.807, 2.05) is 24.3 Å². The fourth-order valence-electron chi connectivity index (χ4n) is 5.74. The molecule has 4 aromatic rings. The van der Waals surface area contributed by atoms with Gasteiger partial charge in [0.1, 0.15) is 28.7 Å². The Morgan fingerprint density at radius 1 is 0.449 bits per heavy atom. The molecule has 0 unspecified atom stereocenters. The summed E-state index contributed by atoms with van der Waals surface area (Å²) in [7, 11) is 3.22. The van der Waals surface area contributed by atoms with Gasteiger partial charge in [-0.25, -0.2) is 0 Å². The Morgan fingerprint density at radius 2 is 0.878 bits per heavy atom. The SMILES string of the molecule is COc1cc(OC)c(-c2ccccc2P(Oc2ccc(C(C)(C)C)cc2C(C)(C)C)Oc2ccc(C(C)(C)C)cc2C(C)(C)C)c(OC)c1. The van der Waals surface area contributed by atoms with Gasteiger partial charge in [-0.15, -0.1) is 0 Å². The molecule has 0 saturated carbocycles. The number of rotatable bonds is 9. The smallest absolute Gasteiger partial charge is 0.326 e. The highest BCUT2D eigenvalue weighted by molar-refractivity contribution is 7.57. The summed E-state index contributed by atoms with van der Waals surface area (Å²) in [5.41, 5.74) is 6.12. The van der Waals surface area contributed by atoms with E-state index >= 15 is 0 Å². The minimum atomic E-state index is -1.74. The molecule has 0 aliphatic rings. The lowest BCUT2D eigenvalue weighted by atomic mass is 9.80. The van der Waals surface area contributed by atoms with Crippen LogP contribution in [0.2, 0.25) is 0 Å². The first-order valence-electron chi connectivity index (χ1n) is 17.0. The van der Waals surface area contributed by atoms with Crippen molar-refractivity contribution in [2.75, 3.05) is 21.3 Å². The van der Waals surface area contributed by atoms with E-state index in [0.29, 0.717) is 17.2 Å². The molecule has 0 atom stereocenters. The normalized spacial score (nSPS) is 12.6. The second-order valence-electron chi connectivity index (χ2n) is 16.8. The monoisotopic (exact) mass is 684 g/mol. The zero-order chi connectivity index (χ0) is 36.5. The van der Waals surface area contributed by atoms with Crippen LogP contribution in [0, 0.1) is 0 Å². The molecule has 0 radical (unpaired) electrons. The fraction of sp³-hybridized carbons (Fsp3) is 0.442. The summed E-state index contributed by atoms with van der Waals surface area (Å²) in [6.07, 6.45) is 0. The van der Waals surface area contributed by atoms with Gasteiger partial charge in [0.2, 0.25) is 0 Å². The summed E-state index contributed by atoms with van der Waals surface area (Å²) in [6.45, 7) is 26.8. The highest BCUT2D eigenvalue weighted by Crippen LogP contribution is 2.50. The van der Waals surface area contributed by atoms with Crippen LogP contribution in [0.15, 0.2) is 72.8 Å². The van der Waals surface area contributed by atoms with E-state index in [2.05, 4.69) is 132 Å². The van der Waals surface area contributed by atoms with Crippen LogP contribution >= 0.6 is 8.38 Å². The average Bonchev–Trinajstić information content (AvgIpc) is 3.02. The second-order valence-corrected chi connectivity index (χ2v) is 18.1. The van der Waals surface area contributed by atoms with Gasteiger partial charge in [-0.3, -0.25) is 0 Å². The van der Waals surface area contributed by atoms with Crippen LogP contribution in [0.4, 0.5) is 0 Å². The third kappa shape index (κ3) is 8.73. The topological polar surface area (TPSA) is 46.2 Å². The summed E-state index contributed by atoms with van der Waals surface area (Å²) >= 11 is 0. The largest absolute Gasteiger partial charge is 0.496 e. The summed E-state index contributed by atoms with van der Waals surface area (Å²) in [6, 6.07) is 25.2. The van der Waals surface area contributed by atoms with E-state index in [4.69, 9.17) is 23.3 Å². The molecule has 5 nitrogen and oxygen atoms in total. The van der Waals surface area contributed by atoms with Crippen molar-refractivity contribution in [1.29, 1.82) is 0 Å². The summed E-state index contributed by atoms with van der Waals surface area (Å²) in [5.74, 6) is 3.52. The lowest BCUT2D eigenvalue weighted by Crippen LogP contribution is -2.20. The van der Waals surface area contributed by atoms with Gasteiger partial charge in [-0.2, -0.15) is 0 Å². The molecule has 0 fully saturated rings. The number of ether oxygens (including phenoxy) is 3. The highest BCUT2D eigenvalue weighted by atomic mass is 31.2. The van der Waals surface area contributed by atoms with Gasteiger partial charge in [-0.05, 0) is 51.0 Å². The van der Waals surface area contributed by atoms with Crippen LogP contribution in [0.1, 0.15) is 105 Å². The highest BCUT2D eigenvalue weighted by Gasteiger charge is 2.32. The van der Waals surface area contributed by atoms with Gasteiger partial charge in [0.15, 0.2) is 0 Å². The van der Waals surface area contributed by atoms with Crippen LogP contribution in [-0.2, 0) is 21.7 Å². The molecule has 0 aromatic heterocycles. The molecule has 0 aliphatic carbocycles. The van der Waals surface area contributed by atoms with Gasteiger partial charge in [0.05, 0.1) is 32.2 Å². The molecule has 0 bridgehead atoms. The second kappa shape index (κ2) is 14.3. The van der Waals surface area contributed by atoms with Crippen LogP contribution in [0.5, 0.6) is 28.7 Å². The predicted octanol–water partition coefficient (Wildman–Crippen LogP) is 11.7. The van der Waals surface area contributed by atoms with Crippen LogP contribution in [0.25, 0.3) is 11.1 Å². The van der Waals surface area contributed by atoms with Gasteiger partial charge >= 0.3 is 8.38 Å². The quantitative estimate of drug-likeness (QED) is 0.164. The first kappa shape index (κ1) is 38.1. The van der Waals surface area contributed by atoms with Crippen molar-refractivity contribution in [1.82, 2.24) is 0 Å². The molecule has 0 N–H and O–H groups in total. The van der Waals surface area contributed by atoms with Crippen LogP contribution in [-0.4, -0.2) is 21.3 Å². The lowest BCUT2D eigenvalue weighted by Gasteiger charge is -2.31. The van der Waals surface area contributed by atoms with Crippen molar-refractivity contribution >= 4 is 13.7 Å². The van der Waals surface area contributed by atoms with Crippen molar-refractivity contribution in [3.8, 4) is 39.9 Å². The molecule has 0 saturated heterocycles. The van der Waals surface area contributed by atoms with Crippen molar-refractivity contribution in [2.45, 2.75) is 105 Å². The van der Waals surface area contributed by atoms with Crippen molar-refractivity contribution in [3.63, 3.8) is 0 Å². The summed E-state index contributed by atoms with van der Waals surface area (Å²) in [5, 5.41) is 0.902. The molecule has 6 heteroatoms. The zero-order valence-corrected chi connectivity index (χ0v) is 33.3. The fourth-order valence-corrected chi connectivity index (χ4v) is 7.24. The van der Waals surface area contributed by atoms with E-state index in [9.17, 15) is 0 Å². The molecular weight excluding hydrogens is 627 g/mol. The first-order valence-corrected chi connectivity index (χ1v) is 18.2. The Kier molecular flexibility index (Phi) is 11.1. The minimum Gasteiger partial charge on any atom is -0.496 e. The third-order valence-electron chi connectivity index (χ3n) is 8.75. The maximum Gasteiger partial charge on any atom is 0.326 e. The average molecular weight is 685 g/mol. The number of methoxy groups -OCH3 is 3. The minimum absolute atomic E-state index is 0.00967. The molecule has 0 amide bonds. The van der Waals surface area contributed by atoms with Gasteiger partial charge in [-0.1, -0.05) is 126 Å². The van der Waals surface area contributed by atoms with Crippen molar-refractivity contribution < 1.29 is 23.3 Å². The molecule has 4 aromatic carbocycles. The summed E-state index contributed by atoms with van der Waals surface area (Å²) < 4.78 is 31.8. The third-order valence-corrected chi connectivity index (χ3v) is 10.3. The standard InChI is InChI=1S/C43H57O5P/c1-40(2,3)28-20-22-34(32(24-28)42(7,8)9)47-49(48-35-23-21-29(41(4,5)6)25-33(35)43(10,11)12)38-19-17-16-18-31(38)39-36(45-14)26-30(44-13)27-37(39)46-15/h16-27H,1-15H3. The van der Waals surface area contributed by atoms with Gasteiger partial charge in [0, 0.05) is 28.8 Å². The van der Waals surface area contributed by atoms with Gasteiger partial charge < -0.3 is 23.3 Å². The Labute approximate surface area is 297 Å². The molecule has 264 valence electrons. The zero-order valence-electron chi connectivity index (χ0n) is 32.4. The molecule has 0 heterocycles. The number of hydrogen-bond acceptors (Lipinski definition) is 5. The maximum atomic E-state index is 7.19. The Morgan fingerprint density at radius 3 is 1.24 bits per heavy atom. The van der Waals surface area contributed by atoms with Crippen molar-refractivity contribution in [2.24, 2.45) is 0 Å². The lowest BCUT2D eigenvalue weighted by molar-refractivity contribution is 0.377. The Bertz CT molecular complexity index is 1660. The maximum absolute atomic E-state index is 7.19. The summed E-state index contributed by atoms with van der Waals surface area (Å²) in [4.78, 5) is 0. The number of hydrogen-bond donors (Lipinski definition) is 0. The van der Waals surface area contributed by atoms with Crippen molar-refractivity contribution in [3.05, 3.63) is 95.1 Å². The van der Waals surface area contributed by atoms with E-state index < -0.39 is 8.38 Å².